The first-order valence-corrected chi connectivity index (χ1v) is 7.71. The number of nitrogens with one attached hydrogen (secondary N) is 1. The Labute approximate surface area is 109 Å². The van der Waals surface area contributed by atoms with Crippen molar-refractivity contribution in [1.29, 1.82) is 0 Å². The minimum atomic E-state index is 0.695. The molecule has 1 rings (SSSR count). The third kappa shape index (κ3) is 5.90. The summed E-state index contributed by atoms with van der Waals surface area (Å²) in [6.07, 6.45) is 8.37. The summed E-state index contributed by atoms with van der Waals surface area (Å²) in [5.41, 5.74) is 0.695. The van der Waals surface area contributed by atoms with Gasteiger partial charge in [0.2, 0.25) is 0 Å². The second kappa shape index (κ2) is 6.78. The van der Waals surface area contributed by atoms with Crippen LogP contribution in [-0.2, 0) is 0 Å². The van der Waals surface area contributed by atoms with Crippen LogP contribution in [0.3, 0.4) is 0 Å². The van der Waals surface area contributed by atoms with E-state index in [4.69, 9.17) is 0 Å². The summed E-state index contributed by atoms with van der Waals surface area (Å²) < 4.78 is 0. The van der Waals surface area contributed by atoms with Crippen LogP contribution in [0, 0.1) is 17.3 Å². The molecule has 1 aliphatic carbocycles. The van der Waals surface area contributed by atoms with E-state index in [0.717, 1.165) is 17.9 Å². The van der Waals surface area contributed by atoms with Crippen LogP contribution in [0.25, 0.3) is 0 Å². The lowest BCUT2D eigenvalue weighted by atomic mass is 9.94. The van der Waals surface area contributed by atoms with E-state index in [1.54, 1.807) is 0 Å². The zero-order chi connectivity index (χ0) is 12.9. The fourth-order valence-electron chi connectivity index (χ4n) is 2.98. The molecule has 0 saturated heterocycles. The minimum Gasteiger partial charge on any atom is -0.313 e. The maximum Gasteiger partial charge on any atom is 0.00721 e. The Kier molecular flexibility index (Phi) is 5.99. The van der Waals surface area contributed by atoms with Crippen LogP contribution in [0.5, 0.6) is 0 Å². The quantitative estimate of drug-likeness (QED) is 0.619. The summed E-state index contributed by atoms with van der Waals surface area (Å²) in [6, 6.07) is 0.740. The lowest BCUT2D eigenvalue weighted by molar-refractivity contribution is 0.319. The van der Waals surface area contributed by atoms with Gasteiger partial charge >= 0.3 is 0 Å². The maximum absolute atomic E-state index is 3.87. The van der Waals surface area contributed by atoms with Crippen LogP contribution in [0.1, 0.15) is 73.1 Å². The highest BCUT2D eigenvalue weighted by Gasteiger charge is 2.41. The van der Waals surface area contributed by atoms with Crippen LogP contribution in [0.4, 0.5) is 0 Å². The van der Waals surface area contributed by atoms with Crippen LogP contribution < -0.4 is 5.32 Å². The lowest BCUT2D eigenvalue weighted by Crippen LogP contribution is -2.36. The van der Waals surface area contributed by atoms with E-state index in [0.29, 0.717) is 5.41 Å². The molecule has 0 heterocycles. The van der Waals surface area contributed by atoms with Crippen LogP contribution in [0.2, 0.25) is 0 Å². The monoisotopic (exact) mass is 239 g/mol. The molecular weight excluding hydrogens is 206 g/mol. The van der Waals surface area contributed by atoms with Gasteiger partial charge in [0.25, 0.3) is 0 Å². The molecule has 0 atom stereocenters. The highest BCUT2D eigenvalue weighted by Crippen LogP contribution is 2.49. The Bertz CT molecular complexity index is 194. The topological polar surface area (TPSA) is 12.0 Å². The molecule has 0 unspecified atom stereocenters. The van der Waals surface area contributed by atoms with Gasteiger partial charge in [0.05, 0.1) is 0 Å². The first-order valence-electron chi connectivity index (χ1n) is 7.71. The van der Waals surface area contributed by atoms with Crippen molar-refractivity contribution < 1.29 is 0 Å². The fourth-order valence-corrected chi connectivity index (χ4v) is 2.98. The Balaban J connectivity index is 2.32. The third-order valence-corrected chi connectivity index (χ3v) is 4.02. The summed E-state index contributed by atoms with van der Waals surface area (Å²) in [5.74, 6) is 1.63. The second-order valence-corrected chi connectivity index (χ2v) is 7.09. The molecule has 0 spiro atoms. The average molecular weight is 239 g/mol. The van der Waals surface area contributed by atoms with Crippen LogP contribution in [0.15, 0.2) is 0 Å². The molecule has 1 nitrogen and oxygen atoms in total. The molecule has 0 aliphatic heterocycles. The summed E-state index contributed by atoms with van der Waals surface area (Å²) >= 11 is 0. The van der Waals surface area contributed by atoms with Crippen molar-refractivity contribution in [3.05, 3.63) is 0 Å². The maximum atomic E-state index is 3.87. The van der Waals surface area contributed by atoms with Gasteiger partial charge in [-0.05, 0) is 49.4 Å². The van der Waals surface area contributed by atoms with Gasteiger partial charge in [-0.25, -0.2) is 0 Å². The smallest absolute Gasteiger partial charge is 0.00721 e. The van der Waals surface area contributed by atoms with E-state index in [2.05, 4.69) is 39.9 Å². The highest BCUT2D eigenvalue weighted by atomic mass is 14.9. The molecule has 0 radical (unpaired) electrons. The van der Waals surface area contributed by atoms with E-state index in [-0.39, 0.29) is 0 Å². The van der Waals surface area contributed by atoms with Crippen molar-refractivity contribution in [2.24, 2.45) is 17.3 Å². The number of hydrogen-bond donors (Lipinski definition) is 1. The molecule has 0 bridgehead atoms. The van der Waals surface area contributed by atoms with Crippen molar-refractivity contribution in [2.75, 3.05) is 6.54 Å². The SMILES string of the molecule is CCCC1(CNC(CC(C)C)CC(C)C)CC1. The van der Waals surface area contributed by atoms with Crippen LogP contribution >= 0.6 is 0 Å². The Morgan fingerprint density at radius 1 is 1.00 bits per heavy atom. The summed E-state index contributed by atoms with van der Waals surface area (Å²) in [4.78, 5) is 0. The Morgan fingerprint density at radius 2 is 1.53 bits per heavy atom. The number of hydrogen-bond acceptors (Lipinski definition) is 1. The van der Waals surface area contributed by atoms with Crippen molar-refractivity contribution >= 4 is 0 Å². The zero-order valence-electron chi connectivity index (χ0n) is 12.7. The molecule has 102 valence electrons. The minimum absolute atomic E-state index is 0.695. The van der Waals surface area contributed by atoms with Gasteiger partial charge in [0.1, 0.15) is 0 Å². The van der Waals surface area contributed by atoms with Gasteiger partial charge in [0.15, 0.2) is 0 Å². The van der Waals surface area contributed by atoms with Crippen LogP contribution in [-0.4, -0.2) is 12.6 Å². The molecule has 0 aromatic heterocycles. The molecule has 0 aromatic rings. The number of rotatable bonds is 9. The Hall–Kier alpha value is -0.0400. The standard InChI is InChI=1S/C16H33N/c1-6-7-16(8-9-16)12-17-15(10-13(2)3)11-14(4)5/h13-15,17H,6-12H2,1-5H3. The largest absolute Gasteiger partial charge is 0.313 e. The molecule has 1 saturated carbocycles. The summed E-state index contributed by atoms with van der Waals surface area (Å²) in [7, 11) is 0. The van der Waals surface area contributed by atoms with E-state index >= 15 is 0 Å². The van der Waals surface area contributed by atoms with Gasteiger partial charge in [-0.15, -0.1) is 0 Å². The van der Waals surface area contributed by atoms with Crippen molar-refractivity contribution in [3.63, 3.8) is 0 Å². The predicted octanol–water partition coefficient (Wildman–Crippen LogP) is 4.62. The first-order chi connectivity index (χ1) is 7.97. The molecule has 0 amide bonds. The lowest BCUT2D eigenvalue weighted by Gasteiger charge is -2.25. The van der Waals surface area contributed by atoms with Gasteiger partial charge in [-0.3, -0.25) is 0 Å². The van der Waals surface area contributed by atoms with E-state index in [1.165, 1.54) is 45.1 Å². The van der Waals surface area contributed by atoms with Gasteiger partial charge < -0.3 is 5.32 Å². The molecule has 1 fully saturated rings. The van der Waals surface area contributed by atoms with Crippen molar-refractivity contribution in [1.82, 2.24) is 5.32 Å². The van der Waals surface area contributed by atoms with Crippen molar-refractivity contribution in [3.8, 4) is 0 Å². The highest BCUT2D eigenvalue weighted by molar-refractivity contribution is 4.95. The van der Waals surface area contributed by atoms with E-state index in [1.807, 2.05) is 0 Å². The van der Waals surface area contributed by atoms with Gasteiger partial charge in [-0.1, -0.05) is 41.0 Å². The normalized spacial score (nSPS) is 18.4. The molecule has 1 heteroatoms. The van der Waals surface area contributed by atoms with Gasteiger partial charge in [-0.2, -0.15) is 0 Å². The average Bonchev–Trinajstić information content (AvgIpc) is 2.94. The summed E-state index contributed by atoms with van der Waals surface area (Å²) in [5, 5.41) is 3.87. The molecule has 1 aliphatic rings. The predicted molar refractivity (Wildman–Crippen MR) is 77.3 cm³/mol. The molecular formula is C16H33N. The third-order valence-electron chi connectivity index (χ3n) is 4.02. The second-order valence-electron chi connectivity index (χ2n) is 7.09. The molecule has 17 heavy (non-hydrogen) atoms. The Morgan fingerprint density at radius 3 is 1.88 bits per heavy atom. The van der Waals surface area contributed by atoms with Gasteiger partial charge in [0, 0.05) is 12.6 Å². The molecule has 1 N–H and O–H groups in total. The summed E-state index contributed by atoms with van der Waals surface area (Å²) in [6.45, 7) is 13.0. The zero-order valence-corrected chi connectivity index (χ0v) is 12.7. The van der Waals surface area contributed by atoms with Crippen molar-refractivity contribution in [2.45, 2.75) is 79.2 Å². The fraction of sp³-hybridized carbons (Fsp3) is 1.00. The first kappa shape index (κ1) is 15.0. The van der Waals surface area contributed by atoms with E-state index in [9.17, 15) is 0 Å². The van der Waals surface area contributed by atoms with E-state index < -0.39 is 0 Å². The molecule has 0 aromatic carbocycles.